The number of ether oxygens (including phenoxy) is 3. The number of hydrogen-bond donors (Lipinski definition) is 2. The second-order valence-electron chi connectivity index (χ2n) is 5.08. The van der Waals surface area contributed by atoms with Gasteiger partial charge in [0.1, 0.15) is 0 Å². The van der Waals surface area contributed by atoms with Crippen molar-refractivity contribution in [3.05, 3.63) is 23.3 Å². The van der Waals surface area contributed by atoms with Gasteiger partial charge in [-0.1, -0.05) is 0 Å². The quantitative estimate of drug-likeness (QED) is 0.830. The Morgan fingerprint density at radius 1 is 1.33 bits per heavy atom. The summed E-state index contributed by atoms with van der Waals surface area (Å²) in [5.74, 6) is 0.162. The summed E-state index contributed by atoms with van der Waals surface area (Å²) < 4.78 is 15.9. The van der Waals surface area contributed by atoms with E-state index in [9.17, 15) is 4.79 Å². The van der Waals surface area contributed by atoms with Crippen molar-refractivity contribution < 1.29 is 24.1 Å². The molecule has 116 valence electrons. The largest absolute Gasteiger partial charge is 0.493 e. The highest BCUT2D eigenvalue weighted by molar-refractivity contribution is 5.71. The predicted molar refractivity (Wildman–Crippen MR) is 76.7 cm³/mol. The molecule has 0 saturated carbocycles. The molecule has 0 amide bonds. The number of hydrogen-bond acceptors (Lipinski definition) is 5. The highest BCUT2D eigenvalue weighted by Gasteiger charge is 2.31. The lowest BCUT2D eigenvalue weighted by molar-refractivity contribution is -0.141. The van der Waals surface area contributed by atoms with Gasteiger partial charge in [-0.05, 0) is 24.1 Å². The van der Waals surface area contributed by atoms with Crippen LogP contribution in [0, 0.1) is 5.92 Å². The molecular formula is C15H21NO5. The van der Waals surface area contributed by atoms with E-state index >= 15 is 0 Å². The predicted octanol–water partition coefficient (Wildman–Crippen LogP) is 1.59. The molecule has 1 saturated heterocycles. The molecule has 1 fully saturated rings. The molecule has 1 aromatic carbocycles. The molecule has 6 heteroatoms. The lowest BCUT2D eigenvalue weighted by Gasteiger charge is -2.18. The van der Waals surface area contributed by atoms with E-state index in [2.05, 4.69) is 5.32 Å². The maximum atomic E-state index is 11.1. The first-order valence-electron chi connectivity index (χ1n) is 6.80. The fraction of sp³-hybridized carbons (Fsp3) is 0.533. The van der Waals surface area contributed by atoms with Crippen molar-refractivity contribution in [2.45, 2.75) is 19.1 Å². The van der Waals surface area contributed by atoms with Crippen LogP contribution in [0.15, 0.2) is 12.1 Å². The van der Waals surface area contributed by atoms with Crippen LogP contribution in [0.5, 0.6) is 11.5 Å². The number of aliphatic carboxylic acids is 1. The molecule has 1 aliphatic rings. The first-order valence-corrected chi connectivity index (χ1v) is 6.80. The zero-order chi connectivity index (χ0) is 15.4. The monoisotopic (exact) mass is 295 g/mol. The van der Waals surface area contributed by atoms with Crippen LogP contribution in [0.3, 0.4) is 0 Å². The summed E-state index contributed by atoms with van der Waals surface area (Å²) >= 11 is 0. The van der Waals surface area contributed by atoms with E-state index in [4.69, 9.17) is 19.3 Å². The molecule has 0 spiro atoms. The summed E-state index contributed by atoms with van der Waals surface area (Å²) in [4.78, 5) is 11.1. The van der Waals surface area contributed by atoms with Gasteiger partial charge in [-0.15, -0.1) is 0 Å². The smallest absolute Gasteiger partial charge is 0.307 e. The average Bonchev–Trinajstić information content (AvgIpc) is 2.96. The SMILES string of the molecule is COCc1cc(C2CC(C(=O)O)CN2)cc(OC)c1OC. The minimum atomic E-state index is -0.761. The van der Waals surface area contributed by atoms with E-state index in [1.807, 2.05) is 12.1 Å². The summed E-state index contributed by atoms with van der Waals surface area (Å²) in [7, 11) is 4.79. The third-order valence-electron chi connectivity index (χ3n) is 3.76. The van der Waals surface area contributed by atoms with Crippen LogP contribution in [-0.4, -0.2) is 38.9 Å². The molecule has 2 rings (SSSR count). The lowest BCUT2D eigenvalue weighted by atomic mass is 9.98. The van der Waals surface area contributed by atoms with Crippen LogP contribution in [0.2, 0.25) is 0 Å². The molecule has 1 aromatic rings. The fourth-order valence-electron chi connectivity index (χ4n) is 2.71. The molecule has 0 bridgehead atoms. The van der Waals surface area contributed by atoms with Crippen molar-refractivity contribution >= 4 is 5.97 Å². The van der Waals surface area contributed by atoms with Crippen molar-refractivity contribution in [3.63, 3.8) is 0 Å². The third-order valence-corrected chi connectivity index (χ3v) is 3.76. The normalized spacial score (nSPS) is 21.3. The number of carboxylic acids is 1. The Morgan fingerprint density at radius 3 is 2.62 bits per heavy atom. The van der Waals surface area contributed by atoms with Crippen LogP contribution in [0.4, 0.5) is 0 Å². The fourth-order valence-corrected chi connectivity index (χ4v) is 2.71. The summed E-state index contributed by atoms with van der Waals surface area (Å²) in [6, 6.07) is 3.87. The summed E-state index contributed by atoms with van der Waals surface area (Å²) in [5, 5.41) is 12.3. The van der Waals surface area contributed by atoms with Crippen LogP contribution in [0.25, 0.3) is 0 Å². The lowest BCUT2D eigenvalue weighted by Crippen LogP contribution is -2.17. The standard InChI is InChI=1S/C15H21NO5/c1-19-8-11-4-9(6-13(20-2)14(11)21-3)12-5-10(7-16-12)15(17)18/h4,6,10,12,16H,5,7-8H2,1-3H3,(H,17,18). The number of methoxy groups -OCH3 is 3. The van der Waals surface area contributed by atoms with Gasteiger partial charge in [0, 0.05) is 25.3 Å². The van der Waals surface area contributed by atoms with Gasteiger partial charge in [0.2, 0.25) is 0 Å². The van der Waals surface area contributed by atoms with Crippen molar-refractivity contribution in [2.75, 3.05) is 27.9 Å². The maximum absolute atomic E-state index is 11.1. The summed E-state index contributed by atoms with van der Waals surface area (Å²) in [5.41, 5.74) is 1.87. The number of rotatable bonds is 6. The van der Waals surface area contributed by atoms with Gasteiger partial charge in [-0.3, -0.25) is 4.79 Å². The van der Waals surface area contributed by atoms with Gasteiger partial charge in [0.05, 0.1) is 26.7 Å². The van der Waals surface area contributed by atoms with Gasteiger partial charge in [0.25, 0.3) is 0 Å². The minimum Gasteiger partial charge on any atom is -0.493 e. The van der Waals surface area contributed by atoms with Crippen LogP contribution >= 0.6 is 0 Å². The highest BCUT2D eigenvalue weighted by atomic mass is 16.5. The van der Waals surface area contributed by atoms with Crippen LogP contribution < -0.4 is 14.8 Å². The Morgan fingerprint density at radius 2 is 2.10 bits per heavy atom. The second-order valence-corrected chi connectivity index (χ2v) is 5.08. The minimum absolute atomic E-state index is 0.00140. The molecule has 2 N–H and O–H groups in total. The van der Waals surface area contributed by atoms with Crippen LogP contribution in [-0.2, 0) is 16.1 Å². The molecular weight excluding hydrogens is 274 g/mol. The molecule has 21 heavy (non-hydrogen) atoms. The topological polar surface area (TPSA) is 77.0 Å². The first-order chi connectivity index (χ1) is 10.1. The highest BCUT2D eigenvalue weighted by Crippen LogP contribution is 2.37. The average molecular weight is 295 g/mol. The van der Waals surface area contributed by atoms with Gasteiger partial charge in [-0.25, -0.2) is 0 Å². The Balaban J connectivity index is 2.32. The van der Waals surface area contributed by atoms with Gasteiger partial charge in [-0.2, -0.15) is 0 Å². The van der Waals surface area contributed by atoms with Crippen LogP contribution in [0.1, 0.15) is 23.6 Å². The maximum Gasteiger partial charge on any atom is 0.307 e. The van der Waals surface area contributed by atoms with E-state index in [0.29, 0.717) is 31.1 Å². The number of carboxylic acid groups (broad SMARTS) is 1. The zero-order valence-corrected chi connectivity index (χ0v) is 12.5. The molecule has 2 unspecified atom stereocenters. The Hall–Kier alpha value is -1.79. The van der Waals surface area contributed by atoms with Gasteiger partial charge < -0.3 is 24.6 Å². The second kappa shape index (κ2) is 6.78. The number of benzene rings is 1. The molecule has 1 aliphatic heterocycles. The van der Waals surface area contributed by atoms with Gasteiger partial charge >= 0.3 is 5.97 Å². The summed E-state index contributed by atoms with van der Waals surface area (Å²) in [6.07, 6.45) is 0.567. The Labute approximate surface area is 124 Å². The van der Waals surface area contributed by atoms with Gasteiger partial charge in [0.15, 0.2) is 11.5 Å². The molecule has 6 nitrogen and oxygen atoms in total. The Kier molecular flexibility index (Phi) is 5.03. The van der Waals surface area contributed by atoms with Crippen molar-refractivity contribution in [2.24, 2.45) is 5.92 Å². The van der Waals surface area contributed by atoms with E-state index in [1.165, 1.54) is 0 Å². The molecule has 0 aromatic heterocycles. The number of carbonyl (C=O) groups is 1. The molecule has 0 radical (unpaired) electrons. The first kappa shape index (κ1) is 15.6. The number of nitrogens with one attached hydrogen (secondary N) is 1. The van der Waals surface area contributed by atoms with Crippen molar-refractivity contribution in [1.82, 2.24) is 5.32 Å². The van der Waals surface area contributed by atoms with E-state index in [1.54, 1.807) is 21.3 Å². The van der Waals surface area contributed by atoms with E-state index in [0.717, 1.165) is 11.1 Å². The van der Waals surface area contributed by atoms with Crippen molar-refractivity contribution in [1.29, 1.82) is 0 Å². The molecule has 1 heterocycles. The summed E-state index contributed by atoms with van der Waals surface area (Å²) in [6.45, 7) is 0.885. The van der Waals surface area contributed by atoms with E-state index in [-0.39, 0.29) is 12.0 Å². The zero-order valence-electron chi connectivity index (χ0n) is 12.5. The van der Waals surface area contributed by atoms with E-state index < -0.39 is 5.97 Å². The molecule has 0 aliphatic carbocycles. The third kappa shape index (κ3) is 3.28. The van der Waals surface area contributed by atoms with Crippen molar-refractivity contribution in [3.8, 4) is 11.5 Å². The Bertz CT molecular complexity index is 517. The molecule has 2 atom stereocenters.